The molecular weight excluding hydrogens is 462 g/mol. The minimum atomic E-state index is 0.0821. The summed E-state index contributed by atoms with van der Waals surface area (Å²) in [6.07, 6.45) is 5.52. The maximum Gasteiger partial charge on any atom is 0.242 e. The largest absolute Gasteiger partial charge is 0.495 e. The molecule has 4 heterocycles. The van der Waals surface area contributed by atoms with Gasteiger partial charge in [-0.2, -0.15) is 0 Å². The minimum absolute atomic E-state index is 0.0821. The van der Waals surface area contributed by atoms with Crippen LogP contribution in [0, 0.1) is 0 Å². The van der Waals surface area contributed by atoms with Crippen LogP contribution in [0.2, 0.25) is 5.02 Å². The van der Waals surface area contributed by atoms with Gasteiger partial charge in [-0.1, -0.05) is 23.7 Å². The van der Waals surface area contributed by atoms with E-state index in [1.807, 2.05) is 76.3 Å². The summed E-state index contributed by atoms with van der Waals surface area (Å²) >= 11 is 6.17. The molecule has 0 radical (unpaired) electrons. The number of hydrogen-bond donors (Lipinski definition) is 0. The first-order valence-corrected chi connectivity index (χ1v) is 11.9. The molecule has 3 aromatic heterocycles. The molecule has 5 rings (SSSR count). The number of aromatic nitrogens is 3. The lowest BCUT2D eigenvalue weighted by Gasteiger charge is -2.36. The van der Waals surface area contributed by atoms with E-state index < -0.39 is 0 Å². The van der Waals surface area contributed by atoms with E-state index in [0.29, 0.717) is 23.9 Å². The van der Waals surface area contributed by atoms with Crippen LogP contribution in [-0.2, 0) is 11.3 Å². The van der Waals surface area contributed by atoms with Gasteiger partial charge in [-0.25, -0.2) is 0 Å². The number of amides is 1. The molecule has 35 heavy (non-hydrogen) atoms. The molecule has 1 aliphatic heterocycles. The van der Waals surface area contributed by atoms with Crippen LogP contribution in [-0.4, -0.2) is 58.6 Å². The highest BCUT2D eigenvalue weighted by molar-refractivity contribution is 6.32. The van der Waals surface area contributed by atoms with E-state index in [2.05, 4.69) is 14.9 Å². The van der Waals surface area contributed by atoms with Crippen molar-refractivity contribution in [3.05, 3.63) is 84.3 Å². The molecule has 0 atom stereocenters. The van der Waals surface area contributed by atoms with Crippen molar-refractivity contribution < 1.29 is 9.53 Å². The van der Waals surface area contributed by atoms with Gasteiger partial charge in [-0.05, 0) is 42.5 Å². The van der Waals surface area contributed by atoms with E-state index in [0.717, 1.165) is 41.4 Å². The van der Waals surface area contributed by atoms with Crippen molar-refractivity contribution in [2.45, 2.75) is 6.54 Å². The maximum absolute atomic E-state index is 13.3. The predicted octanol–water partition coefficient (Wildman–Crippen LogP) is 4.62. The molecule has 7 nitrogen and oxygen atoms in total. The molecule has 0 aliphatic carbocycles. The van der Waals surface area contributed by atoms with E-state index in [4.69, 9.17) is 16.3 Å². The average molecular weight is 488 g/mol. The molecule has 1 amide bonds. The first kappa shape index (κ1) is 22.9. The average Bonchev–Trinajstić information content (AvgIpc) is 3.34. The van der Waals surface area contributed by atoms with Gasteiger partial charge in [0.25, 0.3) is 0 Å². The van der Waals surface area contributed by atoms with Gasteiger partial charge in [-0.15, -0.1) is 0 Å². The van der Waals surface area contributed by atoms with Crippen molar-refractivity contribution in [1.29, 1.82) is 0 Å². The van der Waals surface area contributed by atoms with E-state index in [1.54, 1.807) is 19.5 Å². The number of halogens is 1. The molecule has 0 N–H and O–H groups in total. The van der Waals surface area contributed by atoms with E-state index >= 15 is 0 Å². The molecule has 1 fully saturated rings. The van der Waals surface area contributed by atoms with E-state index in [1.165, 1.54) is 0 Å². The Kier molecular flexibility index (Phi) is 6.68. The number of ether oxygens (including phenoxy) is 1. The second-order valence-corrected chi connectivity index (χ2v) is 8.77. The van der Waals surface area contributed by atoms with Crippen molar-refractivity contribution in [3.8, 4) is 28.4 Å². The molecule has 1 saturated heterocycles. The molecule has 0 spiro atoms. The fourth-order valence-corrected chi connectivity index (χ4v) is 4.54. The second-order valence-electron chi connectivity index (χ2n) is 8.36. The van der Waals surface area contributed by atoms with Crippen LogP contribution in [0.5, 0.6) is 5.75 Å². The number of carbonyl (C=O) groups is 1. The van der Waals surface area contributed by atoms with Crippen molar-refractivity contribution in [2.75, 3.05) is 38.2 Å². The van der Waals surface area contributed by atoms with Crippen LogP contribution in [0.25, 0.3) is 22.6 Å². The number of hydrogen-bond acceptors (Lipinski definition) is 5. The number of anilines is 1. The molecular formula is C27H26ClN5O2. The zero-order chi connectivity index (χ0) is 24.2. The lowest BCUT2D eigenvalue weighted by Crippen LogP contribution is -2.49. The summed E-state index contributed by atoms with van der Waals surface area (Å²) in [5.41, 5.74) is 4.58. The number of methoxy groups -OCH3 is 1. The third kappa shape index (κ3) is 5.00. The van der Waals surface area contributed by atoms with Crippen LogP contribution in [0.1, 0.15) is 0 Å². The summed E-state index contributed by atoms with van der Waals surface area (Å²) in [4.78, 5) is 26.4. The minimum Gasteiger partial charge on any atom is -0.495 e. The SMILES string of the molecule is COc1cc(N2CCN(C(=O)Cn3cc(-c4ccccn4)cc3-c3ccccn3)CC2)ccc1Cl. The number of benzene rings is 1. The Bertz CT molecular complexity index is 1300. The van der Waals surface area contributed by atoms with Gasteiger partial charge in [-0.3, -0.25) is 14.8 Å². The van der Waals surface area contributed by atoms with Gasteiger partial charge >= 0.3 is 0 Å². The van der Waals surface area contributed by atoms with Crippen LogP contribution in [0.3, 0.4) is 0 Å². The van der Waals surface area contributed by atoms with Gasteiger partial charge in [0.2, 0.25) is 5.91 Å². The third-order valence-electron chi connectivity index (χ3n) is 6.22. The Morgan fingerprint density at radius 1 is 0.943 bits per heavy atom. The summed E-state index contributed by atoms with van der Waals surface area (Å²) in [6, 6.07) is 19.4. The number of pyridine rings is 2. The van der Waals surface area contributed by atoms with Gasteiger partial charge in [0.15, 0.2) is 0 Å². The van der Waals surface area contributed by atoms with Crippen LogP contribution in [0.15, 0.2) is 79.3 Å². The predicted molar refractivity (Wildman–Crippen MR) is 138 cm³/mol. The smallest absolute Gasteiger partial charge is 0.242 e. The lowest BCUT2D eigenvalue weighted by molar-refractivity contribution is -0.132. The highest BCUT2D eigenvalue weighted by Gasteiger charge is 2.23. The number of rotatable bonds is 6. The molecule has 4 aromatic rings. The standard InChI is InChI=1S/C27H26ClN5O2/c1-35-26-17-21(8-9-22(26)28)31-12-14-32(15-13-31)27(34)19-33-18-20(23-6-2-4-10-29-23)16-25(33)24-7-3-5-11-30-24/h2-11,16-18H,12-15,19H2,1H3. The molecule has 0 bridgehead atoms. The molecule has 1 aliphatic rings. The quantitative estimate of drug-likeness (QED) is 0.397. The Labute approximate surface area is 209 Å². The Morgan fingerprint density at radius 3 is 2.31 bits per heavy atom. The summed E-state index contributed by atoms with van der Waals surface area (Å²) in [5, 5.41) is 0.588. The number of carbonyl (C=O) groups excluding carboxylic acids is 1. The molecule has 1 aromatic carbocycles. The zero-order valence-corrected chi connectivity index (χ0v) is 20.2. The number of nitrogens with zero attached hydrogens (tertiary/aromatic N) is 5. The van der Waals surface area contributed by atoms with Crippen molar-refractivity contribution in [2.24, 2.45) is 0 Å². The normalized spacial score (nSPS) is 13.7. The van der Waals surface area contributed by atoms with Crippen LogP contribution < -0.4 is 9.64 Å². The van der Waals surface area contributed by atoms with Gasteiger partial charge < -0.3 is 19.1 Å². The molecule has 8 heteroatoms. The summed E-state index contributed by atoms with van der Waals surface area (Å²) in [5.74, 6) is 0.736. The van der Waals surface area contributed by atoms with Gasteiger partial charge in [0.1, 0.15) is 12.3 Å². The van der Waals surface area contributed by atoms with Crippen molar-refractivity contribution >= 4 is 23.2 Å². The third-order valence-corrected chi connectivity index (χ3v) is 6.53. The van der Waals surface area contributed by atoms with Crippen LogP contribution in [0.4, 0.5) is 5.69 Å². The fraction of sp³-hybridized carbons (Fsp3) is 0.222. The lowest BCUT2D eigenvalue weighted by atomic mass is 10.2. The Hall–Kier alpha value is -3.84. The Balaban J connectivity index is 1.31. The molecule has 0 unspecified atom stereocenters. The zero-order valence-electron chi connectivity index (χ0n) is 19.5. The first-order valence-electron chi connectivity index (χ1n) is 11.5. The Morgan fingerprint density at radius 2 is 1.66 bits per heavy atom. The summed E-state index contributed by atoms with van der Waals surface area (Å²) < 4.78 is 7.33. The van der Waals surface area contributed by atoms with Gasteiger partial charge in [0, 0.05) is 62.1 Å². The monoisotopic (exact) mass is 487 g/mol. The summed E-state index contributed by atoms with van der Waals surface area (Å²) in [7, 11) is 1.61. The maximum atomic E-state index is 13.3. The highest BCUT2D eigenvalue weighted by Crippen LogP contribution is 2.30. The fourth-order valence-electron chi connectivity index (χ4n) is 4.35. The van der Waals surface area contributed by atoms with E-state index in [-0.39, 0.29) is 12.5 Å². The van der Waals surface area contributed by atoms with Crippen LogP contribution >= 0.6 is 11.6 Å². The van der Waals surface area contributed by atoms with Crippen molar-refractivity contribution in [3.63, 3.8) is 0 Å². The van der Waals surface area contributed by atoms with Crippen molar-refractivity contribution in [1.82, 2.24) is 19.4 Å². The molecule has 178 valence electrons. The number of piperazine rings is 1. The second kappa shape index (κ2) is 10.2. The van der Waals surface area contributed by atoms with Gasteiger partial charge in [0.05, 0.1) is 29.2 Å². The van der Waals surface area contributed by atoms with E-state index in [9.17, 15) is 4.79 Å². The topological polar surface area (TPSA) is 63.5 Å². The molecule has 0 saturated carbocycles. The summed E-state index contributed by atoms with van der Waals surface area (Å²) in [6.45, 7) is 3.03. The first-order chi connectivity index (χ1) is 17.1. The highest BCUT2D eigenvalue weighted by atomic mass is 35.5.